The van der Waals surface area contributed by atoms with Crippen molar-refractivity contribution in [3.63, 3.8) is 0 Å². The molecular weight excluding hydrogens is 358 g/mol. The maximum absolute atomic E-state index is 13.3. The van der Waals surface area contributed by atoms with E-state index in [0.29, 0.717) is 12.3 Å². The largest absolute Gasteiger partial charge is 0.309 e. The minimum atomic E-state index is -0.295. The van der Waals surface area contributed by atoms with Gasteiger partial charge in [-0.2, -0.15) is 0 Å². The van der Waals surface area contributed by atoms with Gasteiger partial charge in [-0.15, -0.1) is 0 Å². The summed E-state index contributed by atoms with van der Waals surface area (Å²) in [6.45, 7) is 6.77. The number of halogens is 2. The summed E-state index contributed by atoms with van der Waals surface area (Å²) in [6.07, 6.45) is 2.19. The molecule has 0 saturated carbocycles. The maximum Gasteiger partial charge on any atom is 0.226 e. The molecule has 2 aromatic rings. The number of nitrogens with zero attached hydrogens (tertiary/aromatic N) is 2. The molecule has 1 amide bonds. The molecule has 0 N–H and O–H groups in total. The van der Waals surface area contributed by atoms with E-state index in [1.54, 1.807) is 12.1 Å². The number of hydrogen-bond donors (Lipinski definition) is 0. The second kappa shape index (κ2) is 9.28. The first-order chi connectivity index (χ1) is 13.5. The van der Waals surface area contributed by atoms with Crippen LogP contribution < -0.4 is 4.90 Å². The quantitative estimate of drug-likeness (QED) is 0.721. The van der Waals surface area contributed by atoms with Gasteiger partial charge in [0.15, 0.2) is 0 Å². The fraction of sp³-hybridized carbons (Fsp3) is 0.435. The van der Waals surface area contributed by atoms with Crippen molar-refractivity contribution >= 4 is 11.6 Å². The molecule has 5 heteroatoms. The lowest BCUT2D eigenvalue weighted by atomic mass is 9.91. The number of anilines is 1. The van der Waals surface area contributed by atoms with Crippen LogP contribution in [0.1, 0.15) is 32.3 Å². The van der Waals surface area contributed by atoms with Crippen LogP contribution in [0.5, 0.6) is 0 Å². The molecule has 1 fully saturated rings. The molecular formula is C23H28F2N2O. The van der Waals surface area contributed by atoms with Gasteiger partial charge in [0.2, 0.25) is 5.91 Å². The Morgan fingerprint density at radius 2 is 1.68 bits per heavy atom. The highest BCUT2D eigenvalue weighted by Crippen LogP contribution is 2.28. The highest BCUT2D eigenvalue weighted by atomic mass is 19.1. The summed E-state index contributed by atoms with van der Waals surface area (Å²) < 4.78 is 26.4. The fourth-order valence-corrected chi connectivity index (χ4v) is 4.04. The average Bonchev–Trinajstić information content (AvgIpc) is 2.70. The third-order valence-corrected chi connectivity index (χ3v) is 5.58. The number of rotatable bonds is 6. The summed E-state index contributed by atoms with van der Waals surface area (Å²) in [5.74, 6) is -0.123. The summed E-state index contributed by atoms with van der Waals surface area (Å²) >= 11 is 0. The van der Waals surface area contributed by atoms with E-state index in [4.69, 9.17) is 0 Å². The van der Waals surface area contributed by atoms with Crippen molar-refractivity contribution in [1.29, 1.82) is 0 Å². The molecule has 150 valence electrons. The Morgan fingerprint density at radius 1 is 1.07 bits per heavy atom. The van der Waals surface area contributed by atoms with Gasteiger partial charge in [0.25, 0.3) is 0 Å². The van der Waals surface area contributed by atoms with Crippen molar-refractivity contribution in [3.8, 4) is 0 Å². The third-order valence-electron chi connectivity index (χ3n) is 5.58. The molecule has 0 aliphatic carbocycles. The first kappa shape index (κ1) is 20.5. The highest BCUT2D eigenvalue weighted by Gasteiger charge is 2.33. The molecule has 2 aromatic carbocycles. The molecule has 0 bridgehead atoms. The molecule has 0 radical (unpaired) electrons. The van der Waals surface area contributed by atoms with Crippen LogP contribution in [0, 0.1) is 17.6 Å². The van der Waals surface area contributed by atoms with Gasteiger partial charge in [0.1, 0.15) is 11.6 Å². The van der Waals surface area contributed by atoms with Crippen molar-refractivity contribution in [2.75, 3.05) is 24.5 Å². The van der Waals surface area contributed by atoms with Crippen LogP contribution in [0.2, 0.25) is 0 Å². The zero-order valence-electron chi connectivity index (χ0n) is 16.6. The SMILES string of the molecule is CCC(=O)N(c1ccc(F)cc1)[C@@H]1CCN(CCc2ccc(F)cc2)C[C@@H]1C. The zero-order chi connectivity index (χ0) is 20.1. The minimum Gasteiger partial charge on any atom is -0.309 e. The first-order valence-corrected chi connectivity index (χ1v) is 10.0. The second-order valence-corrected chi connectivity index (χ2v) is 7.60. The molecule has 28 heavy (non-hydrogen) atoms. The molecule has 3 rings (SSSR count). The van der Waals surface area contributed by atoms with Gasteiger partial charge in [-0.05, 0) is 60.7 Å². The molecule has 0 unspecified atom stereocenters. The summed E-state index contributed by atoms with van der Waals surface area (Å²) in [4.78, 5) is 16.9. The Kier molecular flexibility index (Phi) is 6.79. The number of carbonyl (C=O) groups is 1. The number of piperidine rings is 1. The van der Waals surface area contributed by atoms with Crippen LogP contribution in [0.15, 0.2) is 48.5 Å². The van der Waals surface area contributed by atoms with E-state index in [0.717, 1.165) is 43.7 Å². The molecule has 0 spiro atoms. The molecule has 3 nitrogen and oxygen atoms in total. The fourth-order valence-electron chi connectivity index (χ4n) is 4.04. The summed E-state index contributed by atoms with van der Waals surface area (Å²) in [7, 11) is 0. The highest BCUT2D eigenvalue weighted by molar-refractivity contribution is 5.93. The van der Waals surface area contributed by atoms with Gasteiger partial charge in [-0.1, -0.05) is 26.0 Å². The van der Waals surface area contributed by atoms with Gasteiger partial charge in [0, 0.05) is 37.8 Å². The molecule has 1 aliphatic heterocycles. The van der Waals surface area contributed by atoms with Crippen molar-refractivity contribution in [3.05, 3.63) is 65.7 Å². The van der Waals surface area contributed by atoms with Crippen molar-refractivity contribution in [2.24, 2.45) is 5.92 Å². The Hall–Kier alpha value is -2.27. The Balaban J connectivity index is 1.64. The van der Waals surface area contributed by atoms with Crippen LogP contribution in [-0.4, -0.2) is 36.5 Å². The molecule has 1 heterocycles. The topological polar surface area (TPSA) is 23.6 Å². The summed E-state index contributed by atoms with van der Waals surface area (Å²) in [5.41, 5.74) is 1.90. The second-order valence-electron chi connectivity index (χ2n) is 7.60. The van der Waals surface area contributed by atoms with Gasteiger partial charge in [-0.3, -0.25) is 4.79 Å². The Labute approximate surface area is 166 Å². The van der Waals surface area contributed by atoms with Gasteiger partial charge >= 0.3 is 0 Å². The van der Waals surface area contributed by atoms with Crippen molar-refractivity contribution in [1.82, 2.24) is 4.90 Å². The molecule has 1 aliphatic rings. The van der Waals surface area contributed by atoms with E-state index in [1.807, 2.05) is 24.0 Å². The van der Waals surface area contributed by atoms with E-state index in [-0.39, 0.29) is 23.6 Å². The predicted molar refractivity (Wildman–Crippen MR) is 108 cm³/mol. The van der Waals surface area contributed by atoms with Crippen LogP contribution >= 0.6 is 0 Å². The molecule has 2 atom stereocenters. The molecule has 0 aromatic heterocycles. The number of hydrogen-bond acceptors (Lipinski definition) is 2. The predicted octanol–water partition coefficient (Wildman–Crippen LogP) is 4.66. The zero-order valence-corrected chi connectivity index (χ0v) is 16.6. The molecule has 1 saturated heterocycles. The lowest BCUT2D eigenvalue weighted by Gasteiger charge is -2.42. The lowest BCUT2D eigenvalue weighted by Crippen LogP contribution is -2.52. The lowest BCUT2D eigenvalue weighted by molar-refractivity contribution is -0.119. The normalized spacial score (nSPS) is 20.1. The minimum absolute atomic E-state index is 0.0724. The average molecular weight is 386 g/mol. The number of carbonyl (C=O) groups excluding carboxylic acids is 1. The van der Waals surface area contributed by atoms with Gasteiger partial charge in [0.05, 0.1) is 0 Å². The van der Waals surface area contributed by atoms with E-state index < -0.39 is 0 Å². The van der Waals surface area contributed by atoms with Crippen LogP contribution in [0.3, 0.4) is 0 Å². The van der Waals surface area contributed by atoms with E-state index >= 15 is 0 Å². The summed E-state index contributed by atoms with van der Waals surface area (Å²) in [5, 5.41) is 0. The van der Waals surface area contributed by atoms with Crippen LogP contribution in [0.25, 0.3) is 0 Å². The number of amides is 1. The maximum atomic E-state index is 13.3. The monoisotopic (exact) mass is 386 g/mol. The van der Waals surface area contributed by atoms with E-state index in [9.17, 15) is 13.6 Å². The third kappa shape index (κ3) is 4.96. The summed E-state index contributed by atoms with van der Waals surface area (Å²) in [6, 6.07) is 13.0. The van der Waals surface area contributed by atoms with Crippen LogP contribution in [0.4, 0.5) is 14.5 Å². The smallest absolute Gasteiger partial charge is 0.226 e. The van der Waals surface area contributed by atoms with Gasteiger partial charge in [-0.25, -0.2) is 8.78 Å². The standard InChI is InChI=1S/C23H28F2N2O/c1-3-23(28)27(21-10-8-20(25)9-11-21)22-13-15-26(16-17(22)2)14-12-18-4-6-19(24)7-5-18/h4-11,17,22H,3,12-16H2,1-2H3/t17-,22+/m0/s1. The number of benzene rings is 2. The van der Waals surface area contributed by atoms with Crippen LogP contribution in [-0.2, 0) is 11.2 Å². The van der Waals surface area contributed by atoms with E-state index in [1.165, 1.54) is 24.3 Å². The van der Waals surface area contributed by atoms with Gasteiger partial charge < -0.3 is 9.80 Å². The number of likely N-dealkylation sites (tertiary alicyclic amines) is 1. The Bertz CT molecular complexity index is 776. The van der Waals surface area contributed by atoms with E-state index in [2.05, 4.69) is 11.8 Å². The first-order valence-electron chi connectivity index (χ1n) is 10.0. The van der Waals surface area contributed by atoms with Crippen molar-refractivity contribution in [2.45, 2.75) is 39.2 Å². The van der Waals surface area contributed by atoms with Crippen molar-refractivity contribution < 1.29 is 13.6 Å². The Morgan fingerprint density at radius 3 is 2.25 bits per heavy atom.